The first-order valence-electron chi connectivity index (χ1n) is 13.4. The quantitative estimate of drug-likeness (QED) is 0.178. The molecule has 0 saturated heterocycles. The number of hydrogen-bond acceptors (Lipinski definition) is 0. The van der Waals surface area contributed by atoms with Crippen molar-refractivity contribution in [1.29, 1.82) is 0 Å². The molecule has 0 atom stereocenters. The van der Waals surface area contributed by atoms with Gasteiger partial charge in [0, 0.05) is 24.1 Å². The van der Waals surface area contributed by atoms with Crippen LogP contribution < -0.4 is 4.57 Å². The van der Waals surface area contributed by atoms with Gasteiger partial charge in [0.2, 0.25) is 0 Å². The van der Waals surface area contributed by atoms with Gasteiger partial charge in [-0.05, 0) is 36.8 Å². The molecule has 31 heavy (non-hydrogen) atoms. The van der Waals surface area contributed by atoms with Gasteiger partial charge in [-0.1, -0.05) is 109 Å². The maximum Gasteiger partial charge on any atom is 0.181 e. The third-order valence-electron chi connectivity index (χ3n) is 6.43. The van der Waals surface area contributed by atoms with E-state index in [2.05, 4.69) is 67.9 Å². The van der Waals surface area contributed by atoms with Gasteiger partial charge in [-0.25, -0.2) is 0 Å². The maximum atomic E-state index is 2.44. The van der Waals surface area contributed by atoms with Gasteiger partial charge in [-0.3, -0.25) is 0 Å². The summed E-state index contributed by atoms with van der Waals surface area (Å²) in [7, 11) is 0. The number of aryl methyl sites for hydroxylation is 3. The van der Waals surface area contributed by atoms with E-state index < -0.39 is 0 Å². The normalized spacial score (nSPS) is 11.2. The van der Waals surface area contributed by atoms with E-state index in [1.54, 1.807) is 0 Å². The Balaban J connectivity index is 1.71. The molecule has 0 spiro atoms. The summed E-state index contributed by atoms with van der Waals surface area (Å²) in [4.78, 5) is 0. The van der Waals surface area contributed by atoms with Gasteiger partial charge in [0.25, 0.3) is 0 Å². The van der Waals surface area contributed by atoms with Gasteiger partial charge in [0.1, 0.15) is 0 Å². The van der Waals surface area contributed by atoms with Crippen LogP contribution in [0.4, 0.5) is 0 Å². The Labute approximate surface area is 193 Å². The second-order valence-electron chi connectivity index (χ2n) is 9.40. The molecule has 0 radical (unpaired) electrons. The predicted octanol–water partition coefficient (Wildman–Crippen LogP) is 8.39. The minimum absolute atomic E-state index is 0.986. The number of aromatic nitrogens is 1. The van der Waals surface area contributed by atoms with Crippen molar-refractivity contribution in [3.8, 4) is 0 Å². The molecule has 1 nitrogen and oxygen atoms in total. The molecule has 1 aromatic carbocycles. The maximum absolute atomic E-state index is 2.44. The van der Waals surface area contributed by atoms with Crippen molar-refractivity contribution in [3.63, 3.8) is 0 Å². The lowest BCUT2D eigenvalue weighted by atomic mass is 10.0. The average molecular weight is 423 g/mol. The third kappa shape index (κ3) is 10.5. The molecule has 1 aromatic heterocycles. The minimum Gasteiger partial charge on any atom is -0.198 e. The summed E-state index contributed by atoms with van der Waals surface area (Å²) in [6.07, 6.45) is 22.4. The fourth-order valence-corrected chi connectivity index (χ4v) is 4.52. The Bertz CT molecular complexity index is 701. The summed E-state index contributed by atoms with van der Waals surface area (Å²) in [5.74, 6) is 0. The lowest BCUT2D eigenvalue weighted by molar-refractivity contribution is -0.695. The number of benzene rings is 1. The second-order valence-corrected chi connectivity index (χ2v) is 9.40. The van der Waals surface area contributed by atoms with Crippen molar-refractivity contribution >= 4 is 0 Å². The summed E-state index contributed by atoms with van der Waals surface area (Å²) < 4.78 is 2.44. The Morgan fingerprint density at radius 2 is 1.10 bits per heavy atom. The van der Waals surface area contributed by atoms with Crippen LogP contribution in [0.15, 0.2) is 42.6 Å². The minimum atomic E-state index is 0.986. The zero-order valence-corrected chi connectivity index (χ0v) is 20.8. The van der Waals surface area contributed by atoms with E-state index in [1.807, 2.05) is 0 Å². The van der Waals surface area contributed by atoms with Gasteiger partial charge < -0.3 is 0 Å². The van der Waals surface area contributed by atoms with Crippen LogP contribution in [0.25, 0.3) is 0 Å². The van der Waals surface area contributed by atoms with Crippen LogP contribution in [0.1, 0.15) is 120 Å². The standard InChI is InChI=1S/C30H48N/c1-4-7-8-9-10-11-12-13-14-15-18-27-19-21-29(22-20-27)26-31-24-23-28(16-5-2)25-30(31)17-6-3/h19-25H,4-18,26H2,1-3H3/q+1. The molecular weight excluding hydrogens is 374 g/mol. The van der Waals surface area contributed by atoms with Crippen LogP contribution in [-0.2, 0) is 25.8 Å². The first-order valence-corrected chi connectivity index (χ1v) is 13.4. The number of rotatable bonds is 17. The van der Waals surface area contributed by atoms with Crippen molar-refractivity contribution < 1.29 is 4.57 Å². The topological polar surface area (TPSA) is 3.88 Å². The van der Waals surface area contributed by atoms with E-state index in [1.165, 1.54) is 112 Å². The van der Waals surface area contributed by atoms with Crippen molar-refractivity contribution in [2.45, 2.75) is 124 Å². The number of pyridine rings is 1. The van der Waals surface area contributed by atoms with E-state index in [0.29, 0.717) is 0 Å². The van der Waals surface area contributed by atoms with Crippen LogP contribution in [0.5, 0.6) is 0 Å². The average Bonchev–Trinajstić information content (AvgIpc) is 2.78. The third-order valence-corrected chi connectivity index (χ3v) is 6.43. The van der Waals surface area contributed by atoms with Crippen LogP contribution in [0, 0.1) is 0 Å². The molecule has 0 N–H and O–H groups in total. The zero-order valence-electron chi connectivity index (χ0n) is 20.8. The molecule has 0 bridgehead atoms. The predicted molar refractivity (Wildman–Crippen MR) is 136 cm³/mol. The smallest absolute Gasteiger partial charge is 0.181 e. The number of hydrogen-bond donors (Lipinski definition) is 0. The Morgan fingerprint density at radius 3 is 1.71 bits per heavy atom. The van der Waals surface area contributed by atoms with Crippen LogP contribution in [0.3, 0.4) is 0 Å². The molecule has 2 rings (SSSR count). The zero-order chi connectivity index (χ0) is 22.2. The molecule has 0 aliphatic carbocycles. The highest BCUT2D eigenvalue weighted by atomic mass is 15.0. The Kier molecular flexibility index (Phi) is 13.3. The summed E-state index contributed by atoms with van der Waals surface area (Å²) in [5.41, 5.74) is 5.87. The highest BCUT2D eigenvalue weighted by Gasteiger charge is 2.12. The van der Waals surface area contributed by atoms with Crippen molar-refractivity contribution in [1.82, 2.24) is 0 Å². The van der Waals surface area contributed by atoms with Crippen molar-refractivity contribution in [3.05, 3.63) is 65.0 Å². The highest BCUT2D eigenvalue weighted by molar-refractivity contribution is 5.22. The van der Waals surface area contributed by atoms with Crippen LogP contribution in [-0.4, -0.2) is 0 Å². The molecule has 0 unspecified atom stereocenters. The molecule has 2 aromatic rings. The largest absolute Gasteiger partial charge is 0.198 e. The van der Waals surface area contributed by atoms with E-state index in [4.69, 9.17) is 0 Å². The van der Waals surface area contributed by atoms with Crippen molar-refractivity contribution in [2.24, 2.45) is 0 Å². The fraction of sp³-hybridized carbons (Fsp3) is 0.633. The van der Waals surface area contributed by atoms with Gasteiger partial charge in [-0.15, -0.1) is 0 Å². The number of unbranched alkanes of at least 4 members (excludes halogenated alkanes) is 9. The van der Waals surface area contributed by atoms with Gasteiger partial charge >= 0.3 is 0 Å². The molecule has 0 saturated carbocycles. The van der Waals surface area contributed by atoms with Gasteiger partial charge in [0.05, 0.1) is 0 Å². The first kappa shape index (κ1) is 25.6. The van der Waals surface area contributed by atoms with E-state index in [0.717, 1.165) is 13.0 Å². The fourth-order valence-electron chi connectivity index (χ4n) is 4.52. The first-order chi connectivity index (χ1) is 15.3. The summed E-state index contributed by atoms with van der Waals surface area (Å²) in [6.45, 7) is 7.82. The lowest BCUT2D eigenvalue weighted by Gasteiger charge is -2.07. The van der Waals surface area contributed by atoms with E-state index >= 15 is 0 Å². The van der Waals surface area contributed by atoms with E-state index in [9.17, 15) is 0 Å². The summed E-state index contributed by atoms with van der Waals surface area (Å²) in [5, 5.41) is 0. The molecule has 0 fully saturated rings. The van der Waals surface area contributed by atoms with E-state index in [-0.39, 0.29) is 0 Å². The Morgan fingerprint density at radius 1 is 0.516 bits per heavy atom. The summed E-state index contributed by atoms with van der Waals surface area (Å²) >= 11 is 0. The molecule has 1 heterocycles. The van der Waals surface area contributed by atoms with Crippen molar-refractivity contribution in [2.75, 3.05) is 0 Å². The molecular formula is C30H48N+. The Hall–Kier alpha value is -1.63. The van der Waals surface area contributed by atoms with Gasteiger partial charge in [-0.2, -0.15) is 4.57 Å². The second kappa shape index (κ2) is 16.1. The van der Waals surface area contributed by atoms with Crippen LogP contribution in [0.2, 0.25) is 0 Å². The highest BCUT2D eigenvalue weighted by Crippen LogP contribution is 2.14. The SMILES string of the molecule is CCCCCCCCCCCCc1ccc(C[n+]2ccc(CCC)cc2CCC)cc1. The summed E-state index contributed by atoms with van der Waals surface area (Å²) in [6, 6.07) is 14.1. The van der Waals surface area contributed by atoms with Gasteiger partial charge in [0.15, 0.2) is 18.4 Å². The molecule has 1 heteroatoms. The van der Waals surface area contributed by atoms with Crippen LogP contribution >= 0.6 is 0 Å². The number of nitrogens with zero attached hydrogens (tertiary/aromatic N) is 1. The monoisotopic (exact) mass is 422 g/mol. The lowest BCUT2D eigenvalue weighted by Crippen LogP contribution is -2.38. The molecule has 0 aliphatic rings. The molecule has 172 valence electrons. The molecule has 0 amide bonds. The molecule has 0 aliphatic heterocycles.